The zero-order chi connectivity index (χ0) is 11.7. The second-order valence-electron chi connectivity index (χ2n) is 3.76. The van der Waals surface area contributed by atoms with Crippen LogP contribution in [0.4, 0.5) is 10.1 Å². The van der Waals surface area contributed by atoms with Crippen molar-refractivity contribution in [2.75, 3.05) is 5.32 Å². The van der Waals surface area contributed by atoms with Crippen molar-refractivity contribution in [1.82, 2.24) is 0 Å². The molecule has 0 aliphatic carbocycles. The molecule has 1 unspecified atom stereocenters. The maximum absolute atomic E-state index is 13.5. The van der Waals surface area contributed by atoms with Crippen LogP contribution in [0.5, 0.6) is 0 Å². The summed E-state index contributed by atoms with van der Waals surface area (Å²) >= 11 is 0. The van der Waals surface area contributed by atoms with E-state index in [1.54, 1.807) is 6.07 Å². The van der Waals surface area contributed by atoms with Gasteiger partial charge < -0.3 is 10.4 Å². The molecule has 16 heavy (non-hydrogen) atoms. The predicted octanol–water partition coefficient (Wildman–Crippen LogP) is 1.41. The van der Waals surface area contributed by atoms with Crippen LogP contribution in [0.25, 0.3) is 0 Å². The quantitative estimate of drug-likeness (QED) is 0.756. The summed E-state index contributed by atoms with van der Waals surface area (Å²) < 4.78 is 13.5. The second kappa shape index (κ2) is 3.92. The van der Waals surface area contributed by atoms with Crippen LogP contribution in [-0.2, 0) is 16.0 Å². The SMILES string of the molecule is O=C1CC(C(=O)O)Cc2c(F)cccc2N1. The first-order chi connectivity index (χ1) is 7.58. The second-order valence-corrected chi connectivity index (χ2v) is 3.76. The van der Waals surface area contributed by atoms with Gasteiger partial charge in [0.15, 0.2) is 0 Å². The molecule has 5 heteroatoms. The maximum atomic E-state index is 13.5. The van der Waals surface area contributed by atoms with Gasteiger partial charge >= 0.3 is 5.97 Å². The van der Waals surface area contributed by atoms with Crippen molar-refractivity contribution in [3.63, 3.8) is 0 Å². The Morgan fingerprint density at radius 1 is 1.44 bits per heavy atom. The zero-order valence-corrected chi connectivity index (χ0v) is 8.37. The summed E-state index contributed by atoms with van der Waals surface area (Å²) in [6, 6.07) is 4.31. The molecule has 0 saturated heterocycles. The van der Waals surface area contributed by atoms with Gasteiger partial charge in [0.1, 0.15) is 5.82 Å². The van der Waals surface area contributed by atoms with Gasteiger partial charge in [-0.1, -0.05) is 6.07 Å². The summed E-state index contributed by atoms with van der Waals surface area (Å²) in [4.78, 5) is 22.2. The van der Waals surface area contributed by atoms with Gasteiger partial charge in [-0.05, 0) is 18.6 Å². The molecule has 0 saturated carbocycles. The van der Waals surface area contributed by atoms with Crippen molar-refractivity contribution in [2.45, 2.75) is 12.8 Å². The van der Waals surface area contributed by atoms with Crippen molar-refractivity contribution in [3.05, 3.63) is 29.6 Å². The summed E-state index contributed by atoms with van der Waals surface area (Å²) in [7, 11) is 0. The fourth-order valence-corrected chi connectivity index (χ4v) is 1.80. The molecule has 1 aliphatic heterocycles. The molecule has 2 rings (SSSR count). The number of fused-ring (bicyclic) bond motifs is 1. The van der Waals surface area contributed by atoms with E-state index in [1.807, 2.05) is 0 Å². The van der Waals surface area contributed by atoms with Crippen molar-refractivity contribution >= 4 is 17.6 Å². The first kappa shape index (κ1) is 10.6. The standard InChI is InChI=1S/C11H10FNO3/c12-8-2-1-3-9-7(8)4-6(11(15)16)5-10(14)13-9/h1-3,6H,4-5H2,(H,13,14)(H,15,16). The molecule has 2 N–H and O–H groups in total. The summed E-state index contributed by atoms with van der Waals surface area (Å²) in [5.74, 6) is -2.81. The van der Waals surface area contributed by atoms with Crippen molar-refractivity contribution in [2.24, 2.45) is 5.92 Å². The van der Waals surface area contributed by atoms with Crippen molar-refractivity contribution in [3.8, 4) is 0 Å². The third-order valence-corrected chi connectivity index (χ3v) is 2.62. The molecule has 1 amide bonds. The molecule has 0 aromatic heterocycles. The number of carboxylic acid groups (broad SMARTS) is 1. The van der Waals surface area contributed by atoms with E-state index in [-0.39, 0.29) is 18.4 Å². The minimum absolute atomic E-state index is 0.0378. The highest BCUT2D eigenvalue weighted by molar-refractivity contribution is 5.95. The average molecular weight is 223 g/mol. The van der Waals surface area contributed by atoms with E-state index < -0.39 is 23.6 Å². The van der Waals surface area contributed by atoms with Crippen LogP contribution in [0.3, 0.4) is 0 Å². The number of hydrogen-bond acceptors (Lipinski definition) is 2. The van der Waals surface area contributed by atoms with Crippen LogP contribution in [0.15, 0.2) is 18.2 Å². The summed E-state index contributed by atoms with van der Waals surface area (Å²) in [6.45, 7) is 0. The van der Waals surface area contributed by atoms with Crippen LogP contribution < -0.4 is 5.32 Å². The maximum Gasteiger partial charge on any atom is 0.307 e. The highest BCUT2D eigenvalue weighted by Crippen LogP contribution is 2.27. The smallest absolute Gasteiger partial charge is 0.307 e. The molecule has 0 radical (unpaired) electrons. The Kier molecular flexibility index (Phi) is 2.60. The van der Waals surface area contributed by atoms with Crippen LogP contribution in [0.2, 0.25) is 0 Å². The summed E-state index contributed by atoms with van der Waals surface area (Å²) in [5, 5.41) is 11.4. The molecular weight excluding hydrogens is 213 g/mol. The van der Waals surface area contributed by atoms with Gasteiger partial charge in [-0.25, -0.2) is 4.39 Å². The molecule has 1 atom stereocenters. The number of benzene rings is 1. The van der Waals surface area contributed by atoms with Crippen LogP contribution in [-0.4, -0.2) is 17.0 Å². The molecule has 1 aromatic carbocycles. The predicted molar refractivity (Wildman–Crippen MR) is 54.5 cm³/mol. The van der Waals surface area contributed by atoms with Gasteiger partial charge in [0.25, 0.3) is 0 Å². The number of anilines is 1. The average Bonchev–Trinajstić information content (AvgIpc) is 2.37. The first-order valence-corrected chi connectivity index (χ1v) is 4.88. The Balaban J connectivity index is 2.44. The Labute approximate surface area is 91.1 Å². The molecule has 0 bridgehead atoms. The number of aliphatic carboxylic acids is 1. The van der Waals surface area contributed by atoms with E-state index in [4.69, 9.17) is 5.11 Å². The number of hydrogen-bond donors (Lipinski definition) is 2. The van der Waals surface area contributed by atoms with Crippen LogP contribution >= 0.6 is 0 Å². The largest absolute Gasteiger partial charge is 0.481 e. The topological polar surface area (TPSA) is 66.4 Å². The number of amides is 1. The molecule has 1 aromatic rings. The third kappa shape index (κ3) is 1.88. The minimum atomic E-state index is -1.08. The molecule has 0 spiro atoms. The van der Waals surface area contributed by atoms with Crippen LogP contribution in [0.1, 0.15) is 12.0 Å². The molecule has 0 fully saturated rings. The lowest BCUT2D eigenvalue weighted by molar-refractivity contribution is -0.143. The molecule has 4 nitrogen and oxygen atoms in total. The molecular formula is C11H10FNO3. The van der Waals surface area contributed by atoms with Gasteiger partial charge in [0.2, 0.25) is 5.91 Å². The summed E-state index contributed by atoms with van der Waals surface area (Å²) in [5.41, 5.74) is 0.634. The van der Waals surface area contributed by atoms with Gasteiger partial charge in [-0.15, -0.1) is 0 Å². The lowest BCUT2D eigenvalue weighted by Gasteiger charge is -2.08. The van der Waals surface area contributed by atoms with Crippen molar-refractivity contribution < 1.29 is 19.1 Å². The van der Waals surface area contributed by atoms with E-state index >= 15 is 0 Å². The van der Waals surface area contributed by atoms with Gasteiger partial charge in [0.05, 0.1) is 5.92 Å². The van der Waals surface area contributed by atoms with Crippen molar-refractivity contribution in [1.29, 1.82) is 0 Å². The number of nitrogens with one attached hydrogen (secondary N) is 1. The van der Waals surface area contributed by atoms with E-state index in [2.05, 4.69) is 5.32 Å². The third-order valence-electron chi connectivity index (χ3n) is 2.62. The fourth-order valence-electron chi connectivity index (χ4n) is 1.80. The van der Waals surface area contributed by atoms with E-state index in [0.29, 0.717) is 5.69 Å². The molecule has 1 heterocycles. The first-order valence-electron chi connectivity index (χ1n) is 4.88. The highest BCUT2D eigenvalue weighted by atomic mass is 19.1. The Morgan fingerprint density at radius 3 is 2.88 bits per heavy atom. The Morgan fingerprint density at radius 2 is 2.19 bits per heavy atom. The summed E-state index contributed by atoms with van der Waals surface area (Å²) in [6.07, 6.45) is -0.0838. The van der Waals surface area contributed by atoms with E-state index in [0.717, 1.165) is 0 Å². The molecule has 1 aliphatic rings. The Bertz CT molecular complexity index is 459. The number of halogens is 1. The van der Waals surface area contributed by atoms with E-state index in [1.165, 1.54) is 12.1 Å². The minimum Gasteiger partial charge on any atom is -0.481 e. The Hall–Kier alpha value is -1.91. The zero-order valence-electron chi connectivity index (χ0n) is 8.37. The number of carbonyl (C=O) groups excluding carboxylic acids is 1. The lowest BCUT2D eigenvalue weighted by atomic mass is 9.96. The van der Waals surface area contributed by atoms with Crippen LogP contribution in [0, 0.1) is 11.7 Å². The molecule has 84 valence electrons. The van der Waals surface area contributed by atoms with Gasteiger partial charge in [-0.2, -0.15) is 0 Å². The van der Waals surface area contributed by atoms with Gasteiger partial charge in [-0.3, -0.25) is 9.59 Å². The lowest BCUT2D eigenvalue weighted by Crippen LogP contribution is -2.20. The van der Waals surface area contributed by atoms with Gasteiger partial charge in [0, 0.05) is 17.7 Å². The highest BCUT2D eigenvalue weighted by Gasteiger charge is 2.28. The normalized spacial score (nSPS) is 19.6. The monoisotopic (exact) mass is 223 g/mol. The number of carbonyl (C=O) groups is 2. The fraction of sp³-hybridized carbons (Fsp3) is 0.273. The number of rotatable bonds is 1. The number of carboxylic acids is 1. The van der Waals surface area contributed by atoms with E-state index in [9.17, 15) is 14.0 Å².